The lowest BCUT2D eigenvalue weighted by Crippen LogP contribution is -2.39. The van der Waals surface area contributed by atoms with Gasteiger partial charge < -0.3 is 15.1 Å². The molecular weight excluding hydrogens is 322 g/mol. The predicted octanol–water partition coefficient (Wildman–Crippen LogP) is 2.77. The van der Waals surface area contributed by atoms with Crippen molar-refractivity contribution < 1.29 is 9.59 Å². The summed E-state index contributed by atoms with van der Waals surface area (Å²) in [6.07, 6.45) is 2.71. The minimum absolute atomic E-state index is 0.143. The number of urea groups is 1. The summed E-state index contributed by atoms with van der Waals surface area (Å²) in [6.45, 7) is 2.49. The molecule has 0 bridgehead atoms. The summed E-state index contributed by atoms with van der Waals surface area (Å²) in [5, 5.41) is 3.43. The van der Waals surface area contributed by atoms with E-state index in [0.717, 1.165) is 6.42 Å². The molecule has 0 saturated carbocycles. The van der Waals surface area contributed by atoms with Crippen molar-refractivity contribution in [3.63, 3.8) is 0 Å². The van der Waals surface area contributed by atoms with Crippen LogP contribution in [0.5, 0.6) is 0 Å². The SMILES string of the molecule is CSCC(=O)N1CCCN(C(=O)Nc2cccc(Cl)c2)CC1. The molecule has 0 atom stereocenters. The Bertz CT molecular complexity index is 541. The van der Waals surface area contributed by atoms with Gasteiger partial charge in [0.05, 0.1) is 5.75 Å². The molecule has 1 N–H and O–H groups in total. The first-order chi connectivity index (χ1) is 10.6. The predicted molar refractivity (Wildman–Crippen MR) is 91.6 cm³/mol. The van der Waals surface area contributed by atoms with Gasteiger partial charge in [0.1, 0.15) is 0 Å². The van der Waals surface area contributed by atoms with Crippen LogP contribution in [0.2, 0.25) is 5.02 Å². The summed E-state index contributed by atoms with van der Waals surface area (Å²) in [6, 6.07) is 6.92. The molecule has 0 unspecified atom stereocenters. The number of nitrogens with zero attached hydrogens (tertiary/aromatic N) is 2. The Morgan fingerprint density at radius 3 is 2.68 bits per heavy atom. The molecule has 1 heterocycles. The van der Waals surface area contributed by atoms with Crippen molar-refractivity contribution in [3.05, 3.63) is 29.3 Å². The van der Waals surface area contributed by atoms with Crippen molar-refractivity contribution in [1.82, 2.24) is 9.80 Å². The third-order valence-corrected chi connectivity index (χ3v) is 4.25. The first-order valence-corrected chi connectivity index (χ1v) is 8.95. The van der Waals surface area contributed by atoms with Gasteiger partial charge in [0.2, 0.25) is 5.91 Å². The van der Waals surface area contributed by atoms with Crippen LogP contribution in [0.25, 0.3) is 0 Å². The number of nitrogens with one attached hydrogen (secondary N) is 1. The molecule has 2 rings (SSSR count). The average molecular weight is 342 g/mol. The van der Waals surface area contributed by atoms with E-state index in [1.165, 1.54) is 11.8 Å². The van der Waals surface area contributed by atoms with Crippen molar-refractivity contribution in [3.8, 4) is 0 Å². The number of benzene rings is 1. The Morgan fingerprint density at radius 1 is 1.23 bits per heavy atom. The van der Waals surface area contributed by atoms with Gasteiger partial charge in [0.25, 0.3) is 0 Å². The highest BCUT2D eigenvalue weighted by molar-refractivity contribution is 7.99. The van der Waals surface area contributed by atoms with Gasteiger partial charge in [-0.05, 0) is 30.9 Å². The van der Waals surface area contributed by atoms with Crippen LogP contribution in [-0.2, 0) is 4.79 Å². The maximum absolute atomic E-state index is 12.3. The highest BCUT2D eigenvalue weighted by atomic mass is 35.5. The molecule has 3 amide bonds. The molecule has 1 aliphatic rings. The lowest BCUT2D eigenvalue weighted by atomic mass is 10.3. The van der Waals surface area contributed by atoms with Gasteiger partial charge >= 0.3 is 6.03 Å². The molecule has 0 aromatic heterocycles. The van der Waals surface area contributed by atoms with Gasteiger partial charge in [-0.2, -0.15) is 11.8 Å². The number of anilines is 1. The van der Waals surface area contributed by atoms with E-state index in [-0.39, 0.29) is 11.9 Å². The molecule has 1 aromatic carbocycles. The summed E-state index contributed by atoms with van der Waals surface area (Å²) < 4.78 is 0. The molecule has 0 aliphatic carbocycles. The molecule has 5 nitrogen and oxygen atoms in total. The molecule has 0 radical (unpaired) electrons. The van der Waals surface area contributed by atoms with E-state index in [1.54, 1.807) is 29.2 Å². The van der Waals surface area contributed by atoms with Crippen molar-refractivity contribution in [2.75, 3.05) is 43.5 Å². The fourth-order valence-corrected chi connectivity index (χ4v) is 2.97. The van der Waals surface area contributed by atoms with E-state index >= 15 is 0 Å². The number of hydrogen-bond donors (Lipinski definition) is 1. The van der Waals surface area contributed by atoms with E-state index in [1.807, 2.05) is 11.2 Å². The number of carbonyl (C=O) groups is 2. The van der Waals surface area contributed by atoms with Crippen LogP contribution >= 0.6 is 23.4 Å². The van der Waals surface area contributed by atoms with E-state index in [4.69, 9.17) is 11.6 Å². The topological polar surface area (TPSA) is 52.7 Å². The van der Waals surface area contributed by atoms with Crippen LogP contribution in [0, 0.1) is 0 Å². The molecule has 7 heteroatoms. The number of hydrogen-bond acceptors (Lipinski definition) is 3. The Hall–Kier alpha value is -1.40. The maximum atomic E-state index is 12.3. The molecule has 120 valence electrons. The van der Waals surface area contributed by atoms with Gasteiger partial charge in [-0.1, -0.05) is 17.7 Å². The zero-order chi connectivity index (χ0) is 15.9. The smallest absolute Gasteiger partial charge is 0.321 e. The molecule has 1 fully saturated rings. The fourth-order valence-electron chi connectivity index (χ4n) is 2.35. The summed E-state index contributed by atoms with van der Waals surface area (Å²) in [5.41, 5.74) is 0.678. The summed E-state index contributed by atoms with van der Waals surface area (Å²) in [7, 11) is 0. The number of carbonyl (C=O) groups excluding carboxylic acids is 2. The van der Waals surface area contributed by atoms with Crippen LogP contribution in [0.4, 0.5) is 10.5 Å². The first-order valence-electron chi connectivity index (χ1n) is 7.18. The Morgan fingerprint density at radius 2 is 1.95 bits per heavy atom. The van der Waals surface area contributed by atoms with E-state index in [2.05, 4.69) is 5.32 Å². The standard InChI is InChI=1S/C15H20ClN3O2S/c1-22-11-14(20)18-6-3-7-19(9-8-18)15(21)17-13-5-2-4-12(16)10-13/h2,4-5,10H,3,6-9,11H2,1H3,(H,17,21). The lowest BCUT2D eigenvalue weighted by Gasteiger charge is -2.22. The van der Waals surface area contributed by atoms with Crippen LogP contribution in [0.1, 0.15) is 6.42 Å². The van der Waals surface area contributed by atoms with Gasteiger partial charge in [-0.25, -0.2) is 4.79 Å². The van der Waals surface area contributed by atoms with Gasteiger partial charge in [0.15, 0.2) is 0 Å². The third-order valence-electron chi connectivity index (χ3n) is 3.48. The second kappa shape index (κ2) is 8.29. The second-order valence-electron chi connectivity index (χ2n) is 5.09. The van der Waals surface area contributed by atoms with Crippen LogP contribution in [0.15, 0.2) is 24.3 Å². The maximum Gasteiger partial charge on any atom is 0.321 e. The number of rotatable bonds is 3. The Labute approximate surface area is 140 Å². The summed E-state index contributed by atoms with van der Waals surface area (Å²) in [4.78, 5) is 27.8. The van der Waals surface area contributed by atoms with Crippen molar-refractivity contribution in [2.45, 2.75) is 6.42 Å². The second-order valence-corrected chi connectivity index (χ2v) is 6.40. The molecule has 22 heavy (non-hydrogen) atoms. The Kier molecular flexibility index (Phi) is 6.39. The van der Waals surface area contributed by atoms with Crippen molar-refractivity contribution >= 4 is 41.0 Å². The zero-order valence-electron chi connectivity index (χ0n) is 12.5. The summed E-state index contributed by atoms with van der Waals surface area (Å²) in [5.74, 6) is 0.638. The minimum atomic E-state index is -0.151. The van der Waals surface area contributed by atoms with E-state index < -0.39 is 0 Å². The van der Waals surface area contributed by atoms with Crippen LogP contribution in [-0.4, -0.2) is 59.9 Å². The molecule has 0 spiro atoms. The molecule has 1 aromatic rings. The molecule has 1 saturated heterocycles. The fraction of sp³-hybridized carbons (Fsp3) is 0.467. The zero-order valence-corrected chi connectivity index (χ0v) is 14.1. The van der Waals surface area contributed by atoms with Crippen LogP contribution in [0.3, 0.4) is 0 Å². The van der Waals surface area contributed by atoms with Crippen LogP contribution < -0.4 is 5.32 Å². The third kappa shape index (κ3) is 4.81. The van der Waals surface area contributed by atoms with Crippen molar-refractivity contribution in [2.24, 2.45) is 0 Å². The van der Waals surface area contributed by atoms with Gasteiger partial charge in [0, 0.05) is 36.9 Å². The molecular formula is C15H20ClN3O2S. The molecule has 1 aliphatic heterocycles. The number of amides is 3. The highest BCUT2D eigenvalue weighted by Crippen LogP contribution is 2.16. The van der Waals surface area contributed by atoms with Gasteiger partial charge in [-0.15, -0.1) is 0 Å². The van der Waals surface area contributed by atoms with E-state index in [9.17, 15) is 9.59 Å². The normalized spacial score (nSPS) is 15.4. The highest BCUT2D eigenvalue weighted by Gasteiger charge is 2.21. The van der Waals surface area contributed by atoms with Gasteiger partial charge in [-0.3, -0.25) is 4.79 Å². The monoisotopic (exact) mass is 341 g/mol. The quantitative estimate of drug-likeness (QED) is 0.919. The average Bonchev–Trinajstić information content (AvgIpc) is 2.73. The summed E-state index contributed by atoms with van der Waals surface area (Å²) >= 11 is 7.44. The minimum Gasteiger partial charge on any atom is -0.340 e. The largest absolute Gasteiger partial charge is 0.340 e. The van der Waals surface area contributed by atoms with E-state index in [0.29, 0.717) is 42.6 Å². The first kappa shape index (κ1) is 17.0. The lowest BCUT2D eigenvalue weighted by molar-refractivity contribution is -0.128. The number of thioether (sulfide) groups is 1. The van der Waals surface area contributed by atoms with Crippen molar-refractivity contribution in [1.29, 1.82) is 0 Å². The Balaban J connectivity index is 1.90. The number of halogens is 1.